The van der Waals surface area contributed by atoms with E-state index >= 15 is 0 Å². The lowest BCUT2D eigenvalue weighted by molar-refractivity contribution is 0.0119. The number of rotatable bonds is 8. The minimum absolute atomic E-state index is 0.377. The van der Waals surface area contributed by atoms with Crippen molar-refractivity contribution < 1.29 is 9.84 Å². The van der Waals surface area contributed by atoms with E-state index in [9.17, 15) is 5.11 Å². The highest BCUT2D eigenvalue weighted by molar-refractivity contribution is 4.72. The summed E-state index contributed by atoms with van der Waals surface area (Å²) in [6, 6.07) is 0.887. The predicted octanol–water partition coefficient (Wildman–Crippen LogP) is 1.67. The highest BCUT2D eigenvalue weighted by Crippen LogP contribution is 2.06. The first-order chi connectivity index (χ1) is 6.99. The number of nitrogens with zero attached hydrogens (tertiary/aromatic N) is 1. The molecule has 90 valence electrons. The van der Waals surface area contributed by atoms with Gasteiger partial charge in [-0.25, -0.2) is 0 Å². The Kier molecular flexibility index (Phi) is 7.65. The minimum atomic E-state index is -0.422. The third-order valence-corrected chi connectivity index (χ3v) is 2.29. The summed E-state index contributed by atoms with van der Waals surface area (Å²) in [4.78, 5) is 2.25. The first-order valence-electron chi connectivity index (χ1n) is 5.61. The molecule has 1 atom stereocenters. The molecule has 0 aliphatic heterocycles. The van der Waals surface area contributed by atoms with Gasteiger partial charge in [0, 0.05) is 18.6 Å². The summed E-state index contributed by atoms with van der Waals surface area (Å²) in [6.07, 6.45) is 1.27. The fourth-order valence-corrected chi connectivity index (χ4v) is 1.60. The van der Waals surface area contributed by atoms with Gasteiger partial charge in [0.2, 0.25) is 0 Å². The molecule has 3 nitrogen and oxygen atoms in total. The molecule has 0 heterocycles. The molecule has 1 N–H and O–H groups in total. The van der Waals surface area contributed by atoms with E-state index < -0.39 is 6.10 Å². The average Bonchev–Trinajstić information content (AvgIpc) is 2.13. The summed E-state index contributed by atoms with van der Waals surface area (Å²) in [7, 11) is 0. The van der Waals surface area contributed by atoms with Crippen molar-refractivity contribution in [3.63, 3.8) is 0 Å². The molecule has 0 aliphatic carbocycles. The van der Waals surface area contributed by atoms with Gasteiger partial charge >= 0.3 is 0 Å². The highest BCUT2D eigenvalue weighted by Gasteiger charge is 2.17. The molecule has 0 fully saturated rings. The van der Waals surface area contributed by atoms with Crippen LogP contribution >= 0.6 is 0 Å². The van der Waals surface area contributed by atoms with Crippen molar-refractivity contribution in [2.75, 3.05) is 19.8 Å². The van der Waals surface area contributed by atoms with Gasteiger partial charge in [0.05, 0.1) is 19.3 Å². The predicted molar refractivity (Wildman–Crippen MR) is 64.0 cm³/mol. The van der Waals surface area contributed by atoms with Crippen LogP contribution in [-0.2, 0) is 4.74 Å². The van der Waals surface area contributed by atoms with E-state index in [2.05, 4.69) is 39.2 Å². The molecule has 15 heavy (non-hydrogen) atoms. The lowest BCUT2D eigenvalue weighted by atomic mass is 10.2. The molecule has 0 rings (SSSR count). The van der Waals surface area contributed by atoms with Crippen molar-refractivity contribution >= 4 is 0 Å². The molecule has 0 saturated heterocycles. The van der Waals surface area contributed by atoms with Crippen molar-refractivity contribution in [1.29, 1.82) is 0 Å². The molecule has 1 unspecified atom stereocenters. The van der Waals surface area contributed by atoms with Crippen molar-refractivity contribution in [1.82, 2.24) is 4.90 Å². The molecule has 0 aliphatic rings. The maximum Gasteiger partial charge on any atom is 0.0900 e. The molecular weight excluding hydrogens is 190 g/mol. The smallest absolute Gasteiger partial charge is 0.0900 e. The van der Waals surface area contributed by atoms with E-state index in [0.717, 1.165) is 0 Å². The third-order valence-electron chi connectivity index (χ3n) is 2.29. The number of ether oxygens (including phenoxy) is 1. The molecule has 0 aromatic carbocycles. The Labute approximate surface area is 93.7 Å². The molecular formula is C12H25NO2. The second-order valence-corrected chi connectivity index (χ2v) is 4.36. The Morgan fingerprint density at radius 1 is 1.27 bits per heavy atom. The second-order valence-electron chi connectivity index (χ2n) is 4.36. The quantitative estimate of drug-likeness (QED) is 0.494. The average molecular weight is 215 g/mol. The molecule has 0 bridgehead atoms. The maximum absolute atomic E-state index is 9.74. The summed E-state index contributed by atoms with van der Waals surface area (Å²) in [6.45, 7) is 13.6. The zero-order valence-corrected chi connectivity index (χ0v) is 10.4. The van der Waals surface area contributed by atoms with E-state index in [-0.39, 0.29) is 0 Å². The molecule has 0 aromatic rings. The van der Waals surface area contributed by atoms with Crippen LogP contribution in [0.4, 0.5) is 0 Å². The van der Waals surface area contributed by atoms with E-state index in [1.165, 1.54) is 0 Å². The van der Waals surface area contributed by atoms with Crippen LogP contribution < -0.4 is 0 Å². The third kappa shape index (κ3) is 6.66. The molecule has 0 radical (unpaired) electrons. The van der Waals surface area contributed by atoms with E-state index in [1.54, 1.807) is 6.08 Å². The Hall–Kier alpha value is -0.380. The largest absolute Gasteiger partial charge is 0.389 e. The maximum atomic E-state index is 9.74. The van der Waals surface area contributed by atoms with Gasteiger partial charge < -0.3 is 9.84 Å². The van der Waals surface area contributed by atoms with Crippen LogP contribution in [0.25, 0.3) is 0 Å². The lowest BCUT2D eigenvalue weighted by Gasteiger charge is -2.32. The molecule has 0 amide bonds. The molecule has 0 saturated carbocycles. The summed E-state index contributed by atoms with van der Waals surface area (Å²) < 4.78 is 5.21. The van der Waals surface area contributed by atoms with Gasteiger partial charge in [-0.05, 0) is 27.7 Å². The van der Waals surface area contributed by atoms with Crippen LogP contribution in [0.15, 0.2) is 12.7 Å². The summed E-state index contributed by atoms with van der Waals surface area (Å²) in [5, 5.41) is 9.74. The number of aliphatic hydroxyl groups excluding tert-OH is 1. The van der Waals surface area contributed by atoms with Gasteiger partial charge in [-0.2, -0.15) is 0 Å². The zero-order valence-electron chi connectivity index (χ0n) is 10.4. The van der Waals surface area contributed by atoms with Crippen molar-refractivity contribution in [2.45, 2.75) is 45.9 Å². The van der Waals surface area contributed by atoms with Crippen LogP contribution in [0, 0.1) is 0 Å². The first kappa shape index (κ1) is 14.6. The number of aliphatic hydroxyl groups is 1. The highest BCUT2D eigenvalue weighted by atomic mass is 16.5. The van der Waals surface area contributed by atoms with Gasteiger partial charge in [-0.1, -0.05) is 6.08 Å². The van der Waals surface area contributed by atoms with Crippen LogP contribution in [0.3, 0.4) is 0 Å². The van der Waals surface area contributed by atoms with Gasteiger partial charge in [0.1, 0.15) is 0 Å². The fourth-order valence-electron chi connectivity index (χ4n) is 1.60. The van der Waals surface area contributed by atoms with Crippen LogP contribution in [-0.4, -0.2) is 48.0 Å². The Bertz CT molecular complexity index is 161. The monoisotopic (exact) mass is 215 g/mol. The lowest BCUT2D eigenvalue weighted by Crippen LogP contribution is -2.43. The second kappa shape index (κ2) is 7.85. The van der Waals surface area contributed by atoms with Crippen LogP contribution in [0.1, 0.15) is 27.7 Å². The van der Waals surface area contributed by atoms with Crippen molar-refractivity contribution in [3.05, 3.63) is 12.7 Å². The van der Waals surface area contributed by atoms with E-state index in [4.69, 9.17) is 4.74 Å². The van der Waals surface area contributed by atoms with Gasteiger partial charge in [0.15, 0.2) is 0 Å². The topological polar surface area (TPSA) is 32.7 Å². The molecule has 0 aromatic heterocycles. The molecule has 3 heteroatoms. The van der Waals surface area contributed by atoms with E-state index in [0.29, 0.717) is 31.8 Å². The standard InChI is InChI=1S/C12H25NO2/c1-6-7-15-9-12(14)8-13(10(2)3)11(4)5/h6,10-12,14H,1,7-9H2,2-5H3. The van der Waals surface area contributed by atoms with Crippen LogP contribution in [0.2, 0.25) is 0 Å². The summed E-state index contributed by atoms with van der Waals surface area (Å²) in [5.41, 5.74) is 0. The Morgan fingerprint density at radius 2 is 1.80 bits per heavy atom. The number of hydrogen-bond acceptors (Lipinski definition) is 3. The summed E-state index contributed by atoms with van der Waals surface area (Å²) in [5.74, 6) is 0. The van der Waals surface area contributed by atoms with Crippen molar-refractivity contribution in [3.8, 4) is 0 Å². The normalized spacial score (nSPS) is 13.9. The SMILES string of the molecule is C=CCOCC(O)CN(C(C)C)C(C)C. The minimum Gasteiger partial charge on any atom is -0.389 e. The molecule has 0 spiro atoms. The number of hydrogen-bond donors (Lipinski definition) is 1. The fraction of sp³-hybridized carbons (Fsp3) is 0.833. The van der Waals surface area contributed by atoms with Gasteiger partial charge in [0.25, 0.3) is 0 Å². The van der Waals surface area contributed by atoms with Crippen molar-refractivity contribution in [2.24, 2.45) is 0 Å². The zero-order chi connectivity index (χ0) is 11.8. The van der Waals surface area contributed by atoms with E-state index in [1.807, 2.05) is 0 Å². The first-order valence-corrected chi connectivity index (χ1v) is 5.61. The van der Waals surface area contributed by atoms with Gasteiger partial charge in [-0.15, -0.1) is 6.58 Å². The van der Waals surface area contributed by atoms with Gasteiger partial charge in [-0.3, -0.25) is 4.90 Å². The van der Waals surface area contributed by atoms with Crippen LogP contribution in [0.5, 0.6) is 0 Å². The Morgan fingerprint density at radius 3 is 2.20 bits per heavy atom. The Balaban J connectivity index is 3.89. The summed E-state index contributed by atoms with van der Waals surface area (Å²) >= 11 is 0.